The first kappa shape index (κ1) is 11.1. The maximum Gasteiger partial charge on any atom is 0.317 e. The molecule has 2 rings (SSSR count). The molecule has 0 aliphatic carbocycles. The van der Waals surface area contributed by atoms with E-state index in [1.165, 1.54) is 0 Å². The fourth-order valence-electron chi connectivity index (χ4n) is 1.82. The average molecular weight is 239 g/mol. The number of cyclic esters (lactones) is 2. The fourth-order valence-corrected chi connectivity index (χ4v) is 2.01. The van der Waals surface area contributed by atoms with Gasteiger partial charge >= 0.3 is 11.9 Å². The molecule has 1 atom stereocenters. The van der Waals surface area contributed by atoms with E-state index >= 15 is 0 Å². The minimum Gasteiger partial charge on any atom is -0.393 e. The monoisotopic (exact) mass is 238 g/mol. The molecule has 0 aromatic heterocycles. The molecule has 84 valence electrons. The number of hydrogen-bond donors (Lipinski definition) is 0. The molecule has 1 aromatic rings. The highest BCUT2D eigenvalue weighted by atomic mass is 35.5. The first-order valence-electron chi connectivity index (χ1n) is 5.06. The lowest BCUT2D eigenvalue weighted by atomic mass is 9.95. The molecule has 0 bridgehead atoms. The summed E-state index contributed by atoms with van der Waals surface area (Å²) in [6.45, 7) is 1.90. The van der Waals surface area contributed by atoms with Crippen molar-refractivity contribution in [2.45, 2.75) is 19.8 Å². The van der Waals surface area contributed by atoms with Crippen LogP contribution < -0.4 is 0 Å². The van der Waals surface area contributed by atoms with Gasteiger partial charge < -0.3 is 4.74 Å². The van der Waals surface area contributed by atoms with Crippen LogP contribution in [-0.2, 0) is 20.7 Å². The summed E-state index contributed by atoms with van der Waals surface area (Å²) in [5.74, 6) is -1.22. The van der Waals surface area contributed by atoms with Gasteiger partial charge in [0.1, 0.15) is 0 Å². The zero-order valence-corrected chi connectivity index (χ0v) is 9.58. The molecule has 0 saturated carbocycles. The Bertz CT molecular complexity index is 454. The van der Waals surface area contributed by atoms with Gasteiger partial charge in [-0.05, 0) is 30.5 Å². The summed E-state index contributed by atoms with van der Waals surface area (Å²) >= 11 is 5.98. The van der Waals surface area contributed by atoms with Gasteiger partial charge in [0.05, 0.1) is 12.3 Å². The number of hydrogen-bond acceptors (Lipinski definition) is 3. The van der Waals surface area contributed by atoms with Gasteiger partial charge in [0, 0.05) is 5.02 Å². The van der Waals surface area contributed by atoms with E-state index in [4.69, 9.17) is 11.6 Å². The van der Waals surface area contributed by atoms with E-state index in [1.807, 2.05) is 19.1 Å². The van der Waals surface area contributed by atoms with Crippen molar-refractivity contribution in [1.82, 2.24) is 0 Å². The Labute approximate surface area is 98.4 Å². The summed E-state index contributed by atoms with van der Waals surface area (Å²) in [5.41, 5.74) is 1.94. The second kappa shape index (κ2) is 4.26. The van der Waals surface area contributed by atoms with Crippen LogP contribution in [0, 0.1) is 12.8 Å². The van der Waals surface area contributed by atoms with Crippen LogP contribution in [0.2, 0.25) is 5.02 Å². The standard InChI is InChI=1S/C12H11ClO3/c1-7-8(3-2-4-10(7)13)5-9-6-11(14)16-12(9)15/h2-4,9H,5-6H2,1H3. The molecule has 1 aliphatic rings. The Kier molecular flexibility index (Phi) is 2.97. The normalized spacial score (nSPS) is 20.0. The van der Waals surface area contributed by atoms with E-state index in [-0.39, 0.29) is 12.3 Å². The van der Waals surface area contributed by atoms with Gasteiger partial charge in [-0.3, -0.25) is 9.59 Å². The smallest absolute Gasteiger partial charge is 0.317 e. The molecule has 3 nitrogen and oxygen atoms in total. The first-order chi connectivity index (χ1) is 7.58. The first-order valence-corrected chi connectivity index (χ1v) is 5.44. The van der Waals surface area contributed by atoms with Crippen LogP contribution in [0.4, 0.5) is 0 Å². The zero-order valence-electron chi connectivity index (χ0n) is 8.83. The molecule has 0 amide bonds. The Morgan fingerprint density at radius 2 is 2.19 bits per heavy atom. The predicted octanol–water partition coefficient (Wildman–Crippen LogP) is 2.28. The van der Waals surface area contributed by atoms with Crippen LogP contribution in [0.3, 0.4) is 0 Å². The number of carbonyl (C=O) groups excluding carboxylic acids is 2. The second-order valence-electron chi connectivity index (χ2n) is 3.92. The van der Waals surface area contributed by atoms with E-state index in [9.17, 15) is 9.59 Å². The van der Waals surface area contributed by atoms with Crippen LogP contribution in [0.1, 0.15) is 17.5 Å². The molecule has 1 aliphatic heterocycles. The summed E-state index contributed by atoms with van der Waals surface area (Å²) in [4.78, 5) is 22.2. The van der Waals surface area contributed by atoms with Crippen molar-refractivity contribution >= 4 is 23.5 Å². The lowest BCUT2D eigenvalue weighted by molar-refractivity contribution is -0.153. The van der Waals surface area contributed by atoms with Crippen LogP contribution in [-0.4, -0.2) is 11.9 Å². The van der Waals surface area contributed by atoms with Gasteiger partial charge in [0.25, 0.3) is 0 Å². The summed E-state index contributed by atoms with van der Waals surface area (Å²) in [6, 6.07) is 5.56. The number of rotatable bonds is 2. The van der Waals surface area contributed by atoms with Gasteiger partial charge in [0.2, 0.25) is 0 Å². The van der Waals surface area contributed by atoms with Crippen molar-refractivity contribution in [3.05, 3.63) is 34.3 Å². The molecule has 0 N–H and O–H groups in total. The minimum atomic E-state index is -0.435. The van der Waals surface area contributed by atoms with Gasteiger partial charge in [0.15, 0.2) is 0 Å². The molecule has 1 saturated heterocycles. The third-order valence-corrected chi connectivity index (χ3v) is 3.22. The summed E-state index contributed by atoms with van der Waals surface area (Å²) in [6.07, 6.45) is 0.682. The summed E-state index contributed by atoms with van der Waals surface area (Å²) in [5, 5.41) is 0.676. The molecule has 1 aromatic carbocycles. The van der Waals surface area contributed by atoms with Crippen molar-refractivity contribution < 1.29 is 14.3 Å². The maximum absolute atomic E-state index is 11.3. The molecule has 1 unspecified atom stereocenters. The van der Waals surface area contributed by atoms with E-state index in [1.54, 1.807) is 6.07 Å². The predicted molar refractivity (Wildman–Crippen MR) is 59.1 cm³/mol. The van der Waals surface area contributed by atoms with E-state index < -0.39 is 11.9 Å². The van der Waals surface area contributed by atoms with Crippen LogP contribution in [0.5, 0.6) is 0 Å². The van der Waals surface area contributed by atoms with Crippen LogP contribution in [0.15, 0.2) is 18.2 Å². The topological polar surface area (TPSA) is 43.4 Å². The van der Waals surface area contributed by atoms with E-state index in [0.29, 0.717) is 11.4 Å². The Morgan fingerprint density at radius 3 is 2.81 bits per heavy atom. The maximum atomic E-state index is 11.3. The molecule has 0 radical (unpaired) electrons. The van der Waals surface area contributed by atoms with Crippen LogP contribution in [0.25, 0.3) is 0 Å². The number of carbonyl (C=O) groups is 2. The van der Waals surface area contributed by atoms with E-state index in [2.05, 4.69) is 4.74 Å². The van der Waals surface area contributed by atoms with Gasteiger partial charge in [-0.15, -0.1) is 0 Å². The van der Waals surface area contributed by atoms with Gasteiger partial charge in [-0.1, -0.05) is 23.7 Å². The zero-order chi connectivity index (χ0) is 11.7. The van der Waals surface area contributed by atoms with Crippen molar-refractivity contribution in [2.75, 3.05) is 0 Å². The summed E-state index contributed by atoms with van der Waals surface area (Å²) < 4.78 is 4.51. The van der Waals surface area contributed by atoms with Gasteiger partial charge in [-0.25, -0.2) is 0 Å². The molecule has 16 heavy (non-hydrogen) atoms. The number of halogens is 1. The highest BCUT2D eigenvalue weighted by Crippen LogP contribution is 2.25. The minimum absolute atomic E-state index is 0.171. The van der Waals surface area contributed by atoms with Crippen LogP contribution >= 0.6 is 11.6 Å². The van der Waals surface area contributed by atoms with Crippen molar-refractivity contribution in [3.8, 4) is 0 Å². The Morgan fingerprint density at radius 1 is 1.44 bits per heavy atom. The van der Waals surface area contributed by atoms with Gasteiger partial charge in [-0.2, -0.15) is 0 Å². The lowest BCUT2D eigenvalue weighted by Crippen LogP contribution is -2.11. The Hall–Kier alpha value is -1.35. The highest BCUT2D eigenvalue weighted by Gasteiger charge is 2.33. The SMILES string of the molecule is Cc1c(Cl)cccc1CC1CC(=O)OC1=O. The van der Waals surface area contributed by atoms with E-state index in [0.717, 1.165) is 11.1 Å². The third kappa shape index (κ3) is 2.09. The molecule has 1 heterocycles. The fraction of sp³-hybridized carbons (Fsp3) is 0.333. The third-order valence-electron chi connectivity index (χ3n) is 2.81. The lowest BCUT2D eigenvalue weighted by Gasteiger charge is -2.09. The highest BCUT2D eigenvalue weighted by molar-refractivity contribution is 6.31. The van der Waals surface area contributed by atoms with Crippen molar-refractivity contribution in [3.63, 3.8) is 0 Å². The average Bonchev–Trinajstić information content (AvgIpc) is 2.53. The number of esters is 2. The molecular formula is C12H11ClO3. The number of benzene rings is 1. The second-order valence-corrected chi connectivity index (χ2v) is 4.33. The Balaban J connectivity index is 2.18. The molecular weight excluding hydrogens is 228 g/mol. The quantitative estimate of drug-likeness (QED) is 0.587. The number of ether oxygens (including phenoxy) is 1. The summed E-state index contributed by atoms with van der Waals surface area (Å²) in [7, 11) is 0. The molecule has 1 fully saturated rings. The molecule has 0 spiro atoms. The van der Waals surface area contributed by atoms with Crippen molar-refractivity contribution in [2.24, 2.45) is 5.92 Å². The molecule has 4 heteroatoms. The largest absolute Gasteiger partial charge is 0.393 e. The van der Waals surface area contributed by atoms with Crippen molar-refractivity contribution in [1.29, 1.82) is 0 Å².